The zero-order chi connectivity index (χ0) is 22.7. The van der Waals surface area contributed by atoms with Crippen molar-refractivity contribution in [2.45, 2.75) is 64.0 Å². The van der Waals surface area contributed by atoms with E-state index >= 15 is 0 Å². The van der Waals surface area contributed by atoms with E-state index in [4.69, 9.17) is 11.2 Å². The van der Waals surface area contributed by atoms with E-state index in [1.807, 2.05) is 13.0 Å². The zero-order valence-corrected chi connectivity index (χ0v) is 18.7. The lowest BCUT2D eigenvalue weighted by Gasteiger charge is -2.41. The minimum absolute atomic E-state index is 0.0846. The predicted molar refractivity (Wildman–Crippen MR) is 121 cm³/mol. The fourth-order valence-corrected chi connectivity index (χ4v) is 5.49. The maximum absolute atomic E-state index is 13.5. The Balaban J connectivity index is 1.43. The minimum atomic E-state index is -0.610. The zero-order valence-electron chi connectivity index (χ0n) is 18.7. The highest BCUT2D eigenvalue weighted by molar-refractivity contribution is 5.86. The second-order valence-corrected chi connectivity index (χ2v) is 9.29. The van der Waals surface area contributed by atoms with Gasteiger partial charge in [-0.25, -0.2) is 9.78 Å². The molecule has 0 radical (unpaired) electrons. The van der Waals surface area contributed by atoms with Crippen LogP contribution in [0, 0.1) is 24.7 Å². The molecule has 2 saturated heterocycles. The standard InChI is InChI=1S/C24H32N4O4/c1-3-13-32-23(31)26-18-14-17(2)21(25-15-18)27-11-4-9-24(16-27)10-12-28(22(24)30)19-5-7-20(29)8-6-19/h1,14-15,19-20,29H,4-13,16H2,2H3,(H,26,31). The van der Waals surface area contributed by atoms with E-state index in [-0.39, 0.29) is 30.1 Å². The van der Waals surface area contributed by atoms with E-state index < -0.39 is 6.09 Å². The summed E-state index contributed by atoms with van der Waals surface area (Å²) in [5, 5.41) is 12.4. The summed E-state index contributed by atoms with van der Waals surface area (Å²) in [5.74, 6) is 3.37. The number of aliphatic hydroxyl groups is 1. The fraction of sp³-hybridized carbons (Fsp3) is 0.625. The van der Waals surface area contributed by atoms with Crippen molar-refractivity contribution < 1.29 is 19.4 Å². The maximum atomic E-state index is 13.5. The lowest BCUT2D eigenvalue weighted by molar-refractivity contribution is -0.139. The van der Waals surface area contributed by atoms with Crippen LogP contribution in [0.2, 0.25) is 0 Å². The molecular formula is C24H32N4O4. The number of carbonyl (C=O) groups is 2. The summed E-state index contributed by atoms with van der Waals surface area (Å²) in [6, 6.07) is 2.12. The largest absolute Gasteiger partial charge is 0.436 e. The van der Waals surface area contributed by atoms with E-state index in [2.05, 4.69) is 26.0 Å². The van der Waals surface area contributed by atoms with Crippen molar-refractivity contribution in [2.75, 3.05) is 36.5 Å². The van der Waals surface area contributed by atoms with Gasteiger partial charge in [0.25, 0.3) is 0 Å². The summed E-state index contributed by atoms with van der Waals surface area (Å²) >= 11 is 0. The molecule has 1 saturated carbocycles. The molecule has 3 heterocycles. The normalized spacial score (nSPS) is 28.0. The third-order valence-electron chi connectivity index (χ3n) is 7.11. The van der Waals surface area contributed by atoms with Gasteiger partial charge in [0.2, 0.25) is 5.91 Å². The van der Waals surface area contributed by atoms with Gasteiger partial charge in [-0.15, -0.1) is 6.42 Å². The van der Waals surface area contributed by atoms with Crippen molar-refractivity contribution in [3.63, 3.8) is 0 Å². The Labute approximate surface area is 189 Å². The van der Waals surface area contributed by atoms with E-state index in [1.165, 1.54) is 0 Å². The highest BCUT2D eigenvalue weighted by Crippen LogP contribution is 2.43. The fourth-order valence-electron chi connectivity index (χ4n) is 5.49. The molecule has 0 aromatic carbocycles. The molecule has 0 bridgehead atoms. The molecule has 1 aromatic rings. The first-order chi connectivity index (χ1) is 15.4. The number of hydrogen-bond acceptors (Lipinski definition) is 6. The monoisotopic (exact) mass is 440 g/mol. The number of aryl methyl sites for hydroxylation is 1. The molecule has 1 unspecified atom stereocenters. The number of pyridine rings is 1. The first-order valence-electron chi connectivity index (χ1n) is 11.5. The molecule has 2 aliphatic heterocycles. The number of piperidine rings is 1. The van der Waals surface area contributed by atoms with Crippen molar-refractivity contribution in [1.29, 1.82) is 0 Å². The van der Waals surface area contributed by atoms with Crippen LogP contribution >= 0.6 is 0 Å². The summed E-state index contributed by atoms with van der Waals surface area (Å²) < 4.78 is 4.84. The quantitative estimate of drug-likeness (QED) is 0.699. The van der Waals surface area contributed by atoms with Crippen molar-refractivity contribution in [3.05, 3.63) is 17.8 Å². The highest BCUT2D eigenvalue weighted by atomic mass is 16.5. The molecule has 2 N–H and O–H groups in total. The van der Waals surface area contributed by atoms with Gasteiger partial charge in [0.05, 0.1) is 23.4 Å². The van der Waals surface area contributed by atoms with Gasteiger partial charge in [0.1, 0.15) is 5.82 Å². The first kappa shape index (κ1) is 22.4. The average Bonchev–Trinajstić information content (AvgIpc) is 3.08. The number of likely N-dealkylation sites (tertiary alicyclic amines) is 1. The van der Waals surface area contributed by atoms with Crippen LogP contribution in [-0.2, 0) is 9.53 Å². The van der Waals surface area contributed by atoms with Crippen LogP contribution in [0.3, 0.4) is 0 Å². The van der Waals surface area contributed by atoms with Crippen LogP contribution in [0.1, 0.15) is 50.5 Å². The highest BCUT2D eigenvalue weighted by Gasteiger charge is 2.50. The van der Waals surface area contributed by atoms with Crippen molar-refractivity contribution in [2.24, 2.45) is 5.41 Å². The molecule has 2 amide bonds. The van der Waals surface area contributed by atoms with Crippen LogP contribution in [0.15, 0.2) is 12.3 Å². The summed E-state index contributed by atoms with van der Waals surface area (Å²) in [6.07, 6.45) is 12.0. The van der Waals surface area contributed by atoms with Gasteiger partial charge in [-0.05, 0) is 63.5 Å². The lowest BCUT2D eigenvalue weighted by Crippen LogP contribution is -2.50. The maximum Gasteiger partial charge on any atom is 0.412 e. The molecule has 8 heteroatoms. The molecule has 8 nitrogen and oxygen atoms in total. The Bertz CT molecular complexity index is 906. The molecule has 32 heavy (non-hydrogen) atoms. The van der Waals surface area contributed by atoms with E-state index in [1.54, 1.807) is 6.20 Å². The van der Waals surface area contributed by atoms with Crippen LogP contribution in [0.5, 0.6) is 0 Å². The Kier molecular flexibility index (Phi) is 6.56. The number of nitrogens with one attached hydrogen (secondary N) is 1. The van der Waals surface area contributed by atoms with Crippen LogP contribution in [-0.4, -0.2) is 65.4 Å². The van der Waals surface area contributed by atoms with Crippen molar-refractivity contribution in [1.82, 2.24) is 9.88 Å². The number of ether oxygens (including phenoxy) is 1. The third-order valence-corrected chi connectivity index (χ3v) is 7.11. The van der Waals surface area contributed by atoms with Crippen LogP contribution < -0.4 is 10.2 Å². The molecule has 3 aliphatic rings. The number of nitrogens with zero attached hydrogens (tertiary/aromatic N) is 3. The Morgan fingerprint density at radius 2 is 2.12 bits per heavy atom. The first-order valence-corrected chi connectivity index (χ1v) is 11.5. The Hall–Kier alpha value is -2.79. The molecular weight excluding hydrogens is 408 g/mol. The predicted octanol–water partition coefficient (Wildman–Crippen LogP) is 2.69. The number of amides is 2. The molecule has 172 valence electrons. The number of terminal acetylenes is 1. The average molecular weight is 441 g/mol. The van der Waals surface area contributed by atoms with E-state index in [9.17, 15) is 14.7 Å². The van der Waals surface area contributed by atoms with Gasteiger partial charge in [0.15, 0.2) is 6.61 Å². The van der Waals surface area contributed by atoms with E-state index in [0.29, 0.717) is 12.2 Å². The molecule has 1 atom stereocenters. The molecule has 1 spiro atoms. The van der Waals surface area contributed by atoms with Gasteiger partial charge in [-0.3, -0.25) is 10.1 Å². The molecule has 4 rings (SSSR count). The second-order valence-electron chi connectivity index (χ2n) is 9.29. The van der Waals surface area contributed by atoms with Gasteiger partial charge in [-0.2, -0.15) is 0 Å². The Morgan fingerprint density at radius 1 is 1.34 bits per heavy atom. The number of anilines is 2. The number of aromatic nitrogens is 1. The van der Waals surface area contributed by atoms with Gasteiger partial charge < -0.3 is 19.6 Å². The topological polar surface area (TPSA) is 95.0 Å². The smallest absolute Gasteiger partial charge is 0.412 e. The Morgan fingerprint density at radius 3 is 2.84 bits per heavy atom. The summed E-state index contributed by atoms with van der Waals surface area (Å²) in [4.78, 5) is 34.2. The molecule has 3 fully saturated rings. The summed E-state index contributed by atoms with van der Waals surface area (Å²) in [7, 11) is 0. The second kappa shape index (κ2) is 9.37. The SMILES string of the molecule is C#CCOC(=O)Nc1cnc(N2CCCC3(CCN(C4CCC(O)CC4)C3=O)C2)c(C)c1. The third kappa shape index (κ3) is 4.53. The number of aliphatic hydroxyl groups excluding tert-OH is 1. The van der Waals surface area contributed by atoms with Crippen LogP contribution in [0.25, 0.3) is 0 Å². The van der Waals surface area contributed by atoms with Crippen molar-refractivity contribution >= 4 is 23.5 Å². The number of hydrogen-bond donors (Lipinski definition) is 2. The number of carbonyl (C=O) groups excluding carboxylic acids is 2. The van der Waals surface area contributed by atoms with Crippen molar-refractivity contribution in [3.8, 4) is 12.3 Å². The lowest BCUT2D eigenvalue weighted by atomic mass is 9.78. The van der Waals surface area contributed by atoms with Gasteiger partial charge in [-0.1, -0.05) is 5.92 Å². The van der Waals surface area contributed by atoms with E-state index in [0.717, 1.165) is 69.4 Å². The van der Waals surface area contributed by atoms with Crippen LogP contribution in [0.4, 0.5) is 16.3 Å². The minimum Gasteiger partial charge on any atom is -0.436 e. The summed E-state index contributed by atoms with van der Waals surface area (Å²) in [6.45, 7) is 4.21. The number of rotatable bonds is 4. The van der Waals surface area contributed by atoms with Gasteiger partial charge in [0, 0.05) is 25.7 Å². The summed E-state index contributed by atoms with van der Waals surface area (Å²) in [5.41, 5.74) is 1.13. The molecule has 1 aromatic heterocycles. The molecule has 1 aliphatic carbocycles. The van der Waals surface area contributed by atoms with Gasteiger partial charge >= 0.3 is 6.09 Å².